The molecule has 0 aliphatic heterocycles. The molecule has 0 saturated heterocycles. The minimum atomic E-state index is 0.685. The highest BCUT2D eigenvalue weighted by Gasteiger charge is 1.81. The normalized spacial score (nSPS) is 11.1. The van der Waals surface area contributed by atoms with Gasteiger partial charge in [0.1, 0.15) is 5.76 Å². The average Bonchev–Trinajstić information content (AvgIpc) is 2.39. The maximum absolute atomic E-state index is 4.86. The molecule has 0 fully saturated rings. The highest BCUT2D eigenvalue weighted by molar-refractivity contribution is 5.17. The first-order chi connectivity index (χ1) is 8.62. The molecule has 0 atom stereocenters. The third-order valence-corrected chi connectivity index (χ3v) is 2.51. The van der Waals surface area contributed by atoms with E-state index in [4.69, 9.17) is 4.74 Å². The van der Waals surface area contributed by atoms with Crippen LogP contribution in [0.3, 0.4) is 0 Å². The summed E-state index contributed by atoms with van der Waals surface area (Å²) in [6.45, 7) is 11.3. The van der Waals surface area contributed by atoms with E-state index in [9.17, 15) is 0 Å². The molecule has 0 spiro atoms. The largest absolute Gasteiger partial charge is 0.497 e. The van der Waals surface area contributed by atoms with Crippen LogP contribution in [0.4, 0.5) is 0 Å². The Morgan fingerprint density at radius 3 is 2.39 bits per heavy atom. The number of nitrogens with one attached hydrogen (secondary N) is 1. The van der Waals surface area contributed by atoms with Crippen molar-refractivity contribution in [2.24, 2.45) is 0 Å². The molecule has 0 unspecified atom stereocenters. The molecule has 2 nitrogen and oxygen atoms in total. The Balaban J connectivity index is 0. The summed E-state index contributed by atoms with van der Waals surface area (Å²) in [5, 5.41) is 3.10. The lowest BCUT2D eigenvalue weighted by Crippen LogP contribution is -2.06. The van der Waals surface area contributed by atoms with Gasteiger partial charge in [-0.05, 0) is 39.4 Å². The van der Waals surface area contributed by atoms with Crippen molar-refractivity contribution in [3.8, 4) is 0 Å². The number of allylic oxidation sites excluding steroid dienone is 4. The molecule has 0 aromatic carbocycles. The topological polar surface area (TPSA) is 21.3 Å². The standard InChI is InChI=1S/C10H16O.C6H15N/c1-5-9(2)7-6-8-10(3)11-4;1-3-4-5-6-7-2/h6-8H,3,5H2,1-2,4H3;7H,3-6H2,1-2H3/b8-6-,9-7-;. The molecule has 18 heavy (non-hydrogen) atoms. The summed E-state index contributed by atoms with van der Waals surface area (Å²) in [6.07, 6.45) is 11.0. The highest BCUT2D eigenvalue weighted by Crippen LogP contribution is 1.99. The third-order valence-electron chi connectivity index (χ3n) is 2.51. The van der Waals surface area contributed by atoms with Crippen molar-refractivity contribution in [2.75, 3.05) is 20.7 Å². The van der Waals surface area contributed by atoms with E-state index in [1.165, 1.54) is 31.4 Å². The zero-order valence-corrected chi connectivity index (χ0v) is 12.9. The van der Waals surface area contributed by atoms with Crippen molar-refractivity contribution < 1.29 is 4.74 Å². The molecular weight excluding hydrogens is 222 g/mol. The Bertz CT molecular complexity index is 237. The minimum absolute atomic E-state index is 0.685. The Morgan fingerprint density at radius 2 is 1.94 bits per heavy atom. The van der Waals surface area contributed by atoms with Crippen LogP contribution in [0.2, 0.25) is 0 Å². The van der Waals surface area contributed by atoms with Crippen LogP contribution in [-0.2, 0) is 4.74 Å². The highest BCUT2D eigenvalue weighted by atomic mass is 16.5. The first-order valence-electron chi connectivity index (χ1n) is 6.83. The number of methoxy groups -OCH3 is 1. The first-order valence-corrected chi connectivity index (χ1v) is 6.83. The summed E-state index contributed by atoms with van der Waals surface area (Å²) in [7, 11) is 3.61. The van der Waals surface area contributed by atoms with E-state index in [1.807, 2.05) is 19.2 Å². The Labute approximate surface area is 114 Å². The third kappa shape index (κ3) is 17.4. The fourth-order valence-corrected chi connectivity index (χ4v) is 1.06. The van der Waals surface area contributed by atoms with Gasteiger partial charge in [-0.3, -0.25) is 0 Å². The zero-order valence-electron chi connectivity index (χ0n) is 12.9. The van der Waals surface area contributed by atoms with Crippen LogP contribution in [0, 0.1) is 0 Å². The van der Waals surface area contributed by atoms with E-state index in [1.54, 1.807) is 7.11 Å². The quantitative estimate of drug-likeness (QED) is 0.392. The monoisotopic (exact) mass is 253 g/mol. The lowest BCUT2D eigenvalue weighted by atomic mass is 10.2. The van der Waals surface area contributed by atoms with Crippen molar-refractivity contribution >= 4 is 0 Å². The van der Waals surface area contributed by atoms with Crippen molar-refractivity contribution in [3.05, 3.63) is 36.1 Å². The van der Waals surface area contributed by atoms with Gasteiger partial charge in [0.15, 0.2) is 0 Å². The Hall–Kier alpha value is -1.02. The summed E-state index contributed by atoms with van der Waals surface area (Å²) in [5.41, 5.74) is 1.35. The number of hydrogen-bond acceptors (Lipinski definition) is 2. The fourth-order valence-electron chi connectivity index (χ4n) is 1.06. The van der Waals surface area contributed by atoms with Gasteiger partial charge in [0.25, 0.3) is 0 Å². The molecule has 106 valence electrons. The maximum atomic E-state index is 4.86. The summed E-state index contributed by atoms with van der Waals surface area (Å²) in [5.74, 6) is 0.685. The van der Waals surface area contributed by atoms with Gasteiger partial charge in [-0.15, -0.1) is 0 Å². The van der Waals surface area contributed by atoms with E-state index in [0.717, 1.165) is 6.42 Å². The van der Waals surface area contributed by atoms with Gasteiger partial charge in [0.05, 0.1) is 7.11 Å². The minimum Gasteiger partial charge on any atom is -0.497 e. The van der Waals surface area contributed by atoms with E-state index in [0.29, 0.717) is 5.76 Å². The van der Waals surface area contributed by atoms with Gasteiger partial charge in [-0.1, -0.05) is 51.0 Å². The van der Waals surface area contributed by atoms with Crippen LogP contribution >= 0.6 is 0 Å². The second-order valence-electron chi connectivity index (χ2n) is 4.21. The Morgan fingerprint density at radius 1 is 1.28 bits per heavy atom. The molecule has 0 aromatic heterocycles. The summed E-state index contributed by atoms with van der Waals surface area (Å²) in [4.78, 5) is 0. The van der Waals surface area contributed by atoms with E-state index in [-0.39, 0.29) is 0 Å². The molecule has 0 aliphatic rings. The lowest BCUT2D eigenvalue weighted by Gasteiger charge is -1.94. The summed E-state index contributed by atoms with van der Waals surface area (Å²) in [6, 6.07) is 0. The molecule has 0 amide bonds. The van der Waals surface area contributed by atoms with Gasteiger partial charge in [0.2, 0.25) is 0 Å². The molecule has 0 aromatic rings. The second kappa shape index (κ2) is 16.0. The molecule has 0 saturated carbocycles. The maximum Gasteiger partial charge on any atom is 0.111 e. The average molecular weight is 253 g/mol. The molecule has 2 heteroatoms. The van der Waals surface area contributed by atoms with Gasteiger partial charge in [-0.25, -0.2) is 0 Å². The van der Waals surface area contributed by atoms with Crippen LogP contribution in [0.5, 0.6) is 0 Å². The summed E-state index contributed by atoms with van der Waals surface area (Å²) < 4.78 is 4.86. The van der Waals surface area contributed by atoms with Crippen molar-refractivity contribution in [1.29, 1.82) is 0 Å². The van der Waals surface area contributed by atoms with Crippen LogP contribution in [0.15, 0.2) is 36.1 Å². The lowest BCUT2D eigenvalue weighted by molar-refractivity contribution is 0.309. The zero-order chi connectivity index (χ0) is 14.2. The van der Waals surface area contributed by atoms with E-state index >= 15 is 0 Å². The molecular formula is C16H31NO. The van der Waals surface area contributed by atoms with Crippen molar-refractivity contribution in [2.45, 2.75) is 46.5 Å². The van der Waals surface area contributed by atoms with Crippen LogP contribution in [0.1, 0.15) is 46.5 Å². The first kappa shape index (κ1) is 19.3. The van der Waals surface area contributed by atoms with Gasteiger partial charge < -0.3 is 10.1 Å². The van der Waals surface area contributed by atoms with Crippen molar-refractivity contribution in [1.82, 2.24) is 5.32 Å². The van der Waals surface area contributed by atoms with Crippen LogP contribution in [-0.4, -0.2) is 20.7 Å². The predicted molar refractivity (Wildman–Crippen MR) is 82.8 cm³/mol. The SMILES string of the molecule is C=C(/C=C\C=C(\C)CC)OC.CCCCCNC. The number of ether oxygens (including phenoxy) is 1. The predicted octanol–water partition coefficient (Wildman–Crippen LogP) is 4.46. The van der Waals surface area contributed by atoms with Crippen molar-refractivity contribution in [3.63, 3.8) is 0 Å². The van der Waals surface area contributed by atoms with Gasteiger partial charge in [-0.2, -0.15) is 0 Å². The molecule has 0 bridgehead atoms. The smallest absolute Gasteiger partial charge is 0.111 e. The fraction of sp³-hybridized carbons (Fsp3) is 0.625. The van der Waals surface area contributed by atoms with Gasteiger partial charge >= 0.3 is 0 Å². The molecule has 0 heterocycles. The van der Waals surface area contributed by atoms with E-state index < -0.39 is 0 Å². The van der Waals surface area contributed by atoms with E-state index in [2.05, 4.69) is 38.7 Å². The number of hydrogen-bond donors (Lipinski definition) is 1. The molecule has 1 N–H and O–H groups in total. The molecule has 0 rings (SSSR count). The van der Waals surface area contributed by atoms with Crippen LogP contribution < -0.4 is 5.32 Å². The molecule has 0 radical (unpaired) electrons. The van der Waals surface area contributed by atoms with Gasteiger partial charge in [0, 0.05) is 0 Å². The number of unbranched alkanes of at least 4 members (excludes halogenated alkanes) is 2. The second-order valence-corrected chi connectivity index (χ2v) is 4.21. The number of rotatable bonds is 8. The van der Waals surface area contributed by atoms with Crippen LogP contribution in [0.25, 0.3) is 0 Å². The Kier molecular flexibility index (Phi) is 17.2. The summed E-state index contributed by atoms with van der Waals surface area (Å²) >= 11 is 0. The molecule has 0 aliphatic carbocycles.